The zero-order chi connectivity index (χ0) is 19.7. The number of piperidine rings is 1. The standard InChI is InChI=1S/C21H27N5O2/c1-13-20(24-25-21(22-13)23-16-4-3-9-26(2)12-16)17-7-5-14(11-19(17)28)10-15-6-8-18(15)27/h5,7,10-11,16,18,27-28H,3-4,6,8-9,12H2,1-2H3,(H,22,23,25)/b15-10+. The molecule has 1 saturated heterocycles. The third kappa shape index (κ3) is 4.00. The van der Waals surface area contributed by atoms with Crippen LogP contribution in [0, 0.1) is 6.92 Å². The average Bonchev–Trinajstić information content (AvgIpc) is 2.66. The van der Waals surface area contributed by atoms with Gasteiger partial charge in [-0.2, -0.15) is 0 Å². The van der Waals surface area contributed by atoms with Crippen LogP contribution in [-0.4, -0.2) is 62.6 Å². The number of aromatic hydroxyl groups is 1. The van der Waals surface area contributed by atoms with Crippen LogP contribution in [0.1, 0.15) is 36.9 Å². The molecule has 7 nitrogen and oxygen atoms in total. The van der Waals surface area contributed by atoms with Crippen molar-refractivity contribution in [3.05, 3.63) is 35.0 Å². The zero-order valence-electron chi connectivity index (χ0n) is 16.4. The van der Waals surface area contributed by atoms with Crippen molar-refractivity contribution in [2.45, 2.75) is 44.8 Å². The fourth-order valence-corrected chi connectivity index (χ4v) is 3.84. The molecule has 7 heteroatoms. The van der Waals surface area contributed by atoms with Crippen molar-refractivity contribution in [2.24, 2.45) is 0 Å². The maximum Gasteiger partial charge on any atom is 0.243 e. The molecule has 4 rings (SSSR count). The van der Waals surface area contributed by atoms with E-state index in [1.54, 1.807) is 6.07 Å². The molecule has 1 aliphatic carbocycles. The molecule has 2 heterocycles. The van der Waals surface area contributed by atoms with Gasteiger partial charge >= 0.3 is 0 Å². The molecule has 2 fully saturated rings. The van der Waals surface area contributed by atoms with Crippen molar-refractivity contribution in [1.82, 2.24) is 20.1 Å². The molecule has 148 valence electrons. The number of likely N-dealkylation sites (tertiary alicyclic amines) is 1. The van der Waals surface area contributed by atoms with Gasteiger partial charge in [-0.25, -0.2) is 4.98 Å². The third-order valence-electron chi connectivity index (χ3n) is 5.58. The van der Waals surface area contributed by atoms with E-state index in [0.717, 1.165) is 55.6 Å². The van der Waals surface area contributed by atoms with Gasteiger partial charge in [-0.15, -0.1) is 10.2 Å². The molecule has 0 bridgehead atoms. The van der Waals surface area contributed by atoms with Crippen LogP contribution in [0.4, 0.5) is 5.95 Å². The summed E-state index contributed by atoms with van der Waals surface area (Å²) in [7, 11) is 2.12. The van der Waals surface area contributed by atoms with Crippen LogP contribution in [0.3, 0.4) is 0 Å². The summed E-state index contributed by atoms with van der Waals surface area (Å²) in [4.78, 5) is 6.85. The molecule has 2 unspecified atom stereocenters. The summed E-state index contributed by atoms with van der Waals surface area (Å²) in [6.07, 6.45) is 5.57. The highest BCUT2D eigenvalue weighted by Gasteiger charge is 2.21. The fraction of sp³-hybridized carbons (Fsp3) is 0.476. The second kappa shape index (κ2) is 7.85. The molecule has 1 aliphatic heterocycles. The lowest BCUT2D eigenvalue weighted by Gasteiger charge is -2.30. The Morgan fingerprint density at radius 1 is 1.25 bits per heavy atom. The van der Waals surface area contributed by atoms with E-state index < -0.39 is 0 Å². The zero-order valence-corrected chi connectivity index (χ0v) is 16.4. The highest BCUT2D eigenvalue weighted by molar-refractivity contribution is 5.71. The molecule has 2 aromatic rings. The van der Waals surface area contributed by atoms with Gasteiger partial charge in [0.05, 0.1) is 11.8 Å². The number of anilines is 1. The lowest BCUT2D eigenvalue weighted by Crippen LogP contribution is -2.40. The van der Waals surface area contributed by atoms with E-state index >= 15 is 0 Å². The van der Waals surface area contributed by atoms with Crippen LogP contribution in [0.2, 0.25) is 0 Å². The first-order valence-electron chi connectivity index (χ1n) is 9.88. The topological polar surface area (TPSA) is 94.4 Å². The Labute approximate surface area is 165 Å². The van der Waals surface area contributed by atoms with Crippen LogP contribution < -0.4 is 5.32 Å². The molecule has 0 radical (unpaired) electrons. The van der Waals surface area contributed by atoms with Crippen molar-refractivity contribution < 1.29 is 10.2 Å². The van der Waals surface area contributed by atoms with Crippen molar-refractivity contribution >= 4 is 12.0 Å². The Hall–Kier alpha value is -2.51. The molecule has 2 atom stereocenters. The number of phenolic OH excluding ortho intramolecular Hbond substituents is 1. The molecule has 0 amide bonds. The third-order valence-corrected chi connectivity index (χ3v) is 5.58. The predicted molar refractivity (Wildman–Crippen MR) is 109 cm³/mol. The molecular formula is C21H27N5O2. The van der Waals surface area contributed by atoms with E-state index in [4.69, 9.17) is 0 Å². The van der Waals surface area contributed by atoms with Crippen molar-refractivity contribution in [1.29, 1.82) is 0 Å². The second-order valence-electron chi connectivity index (χ2n) is 7.87. The van der Waals surface area contributed by atoms with Gasteiger partial charge in [-0.3, -0.25) is 0 Å². The van der Waals surface area contributed by atoms with Gasteiger partial charge in [0.15, 0.2) is 0 Å². The quantitative estimate of drug-likeness (QED) is 0.749. The van der Waals surface area contributed by atoms with E-state index in [0.29, 0.717) is 23.2 Å². The van der Waals surface area contributed by atoms with E-state index in [-0.39, 0.29) is 11.9 Å². The molecule has 1 aromatic carbocycles. The minimum Gasteiger partial charge on any atom is -0.507 e. The number of aliphatic hydroxyl groups is 1. The lowest BCUT2D eigenvalue weighted by atomic mass is 9.87. The number of likely N-dealkylation sites (N-methyl/N-ethyl adjacent to an activating group) is 1. The van der Waals surface area contributed by atoms with Crippen molar-refractivity contribution in [3.63, 3.8) is 0 Å². The minimum atomic E-state index is -0.344. The maximum absolute atomic E-state index is 10.5. The molecule has 0 spiro atoms. The second-order valence-corrected chi connectivity index (χ2v) is 7.87. The number of aromatic nitrogens is 3. The van der Waals surface area contributed by atoms with Crippen LogP contribution in [0.15, 0.2) is 23.8 Å². The Morgan fingerprint density at radius 3 is 2.75 bits per heavy atom. The molecule has 1 saturated carbocycles. The number of hydrogen-bond acceptors (Lipinski definition) is 7. The van der Waals surface area contributed by atoms with E-state index in [2.05, 4.69) is 32.4 Å². The van der Waals surface area contributed by atoms with Crippen LogP contribution >= 0.6 is 0 Å². The summed E-state index contributed by atoms with van der Waals surface area (Å²) in [6.45, 7) is 3.97. The van der Waals surface area contributed by atoms with E-state index in [9.17, 15) is 10.2 Å². The smallest absolute Gasteiger partial charge is 0.243 e. The number of rotatable bonds is 4. The first kappa shape index (κ1) is 18.8. The molecule has 2 aliphatic rings. The Morgan fingerprint density at radius 2 is 2.11 bits per heavy atom. The molecule has 28 heavy (non-hydrogen) atoms. The molecule has 3 N–H and O–H groups in total. The Bertz CT molecular complexity index is 898. The highest BCUT2D eigenvalue weighted by atomic mass is 16.3. The van der Waals surface area contributed by atoms with Gasteiger partial charge in [-0.1, -0.05) is 12.1 Å². The van der Waals surface area contributed by atoms with Gasteiger partial charge < -0.3 is 20.4 Å². The largest absolute Gasteiger partial charge is 0.507 e. The first-order valence-corrected chi connectivity index (χ1v) is 9.88. The first-order chi connectivity index (χ1) is 13.5. The lowest BCUT2D eigenvalue weighted by molar-refractivity contribution is 0.158. The summed E-state index contributed by atoms with van der Waals surface area (Å²) >= 11 is 0. The maximum atomic E-state index is 10.5. The number of nitrogens with zero attached hydrogens (tertiary/aromatic N) is 4. The summed E-state index contributed by atoms with van der Waals surface area (Å²) < 4.78 is 0. The normalized spacial score (nSPS) is 24.2. The number of phenols is 1. The highest BCUT2D eigenvalue weighted by Crippen LogP contribution is 2.33. The monoisotopic (exact) mass is 381 g/mol. The fourth-order valence-electron chi connectivity index (χ4n) is 3.84. The summed E-state index contributed by atoms with van der Waals surface area (Å²) in [6, 6.07) is 5.76. The van der Waals surface area contributed by atoms with Gasteiger partial charge in [0.2, 0.25) is 5.95 Å². The number of aryl methyl sites for hydroxylation is 1. The van der Waals surface area contributed by atoms with Gasteiger partial charge in [0, 0.05) is 18.2 Å². The van der Waals surface area contributed by atoms with Crippen LogP contribution in [-0.2, 0) is 0 Å². The number of hydrogen-bond donors (Lipinski definition) is 3. The Balaban J connectivity index is 1.52. The minimum absolute atomic E-state index is 0.136. The van der Waals surface area contributed by atoms with Crippen molar-refractivity contribution in [3.8, 4) is 17.0 Å². The summed E-state index contributed by atoms with van der Waals surface area (Å²) in [5.41, 5.74) is 3.78. The average molecular weight is 381 g/mol. The van der Waals surface area contributed by atoms with Gasteiger partial charge in [0.1, 0.15) is 11.4 Å². The van der Waals surface area contributed by atoms with Crippen LogP contribution in [0.5, 0.6) is 5.75 Å². The summed E-state index contributed by atoms with van der Waals surface area (Å²) in [5, 5.41) is 32.1. The molecular weight excluding hydrogens is 354 g/mol. The van der Waals surface area contributed by atoms with Crippen LogP contribution in [0.25, 0.3) is 17.3 Å². The predicted octanol–water partition coefficient (Wildman–Crippen LogP) is 2.60. The van der Waals surface area contributed by atoms with E-state index in [1.807, 2.05) is 25.1 Å². The Kier molecular flexibility index (Phi) is 5.28. The molecule has 1 aromatic heterocycles. The SMILES string of the molecule is Cc1nc(NC2CCCN(C)C2)nnc1-c1ccc(/C=C2\CCC2O)cc1O. The van der Waals surface area contributed by atoms with E-state index in [1.165, 1.54) is 0 Å². The number of aliphatic hydroxyl groups excluding tert-OH is 1. The summed E-state index contributed by atoms with van der Waals surface area (Å²) in [5.74, 6) is 0.665. The number of nitrogens with one attached hydrogen (secondary N) is 1. The van der Waals surface area contributed by atoms with Gasteiger partial charge in [-0.05, 0) is 69.5 Å². The number of benzene rings is 1. The van der Waals surface area contributed by atoms with Crippen molar-refractivity contribution in [2.75, 3.05) is 25.5 Å². The van der Waals surface area contributed by atoms with Gasteiger partial charge in [0.25, 0.3) is 0 Å².